The number of rotatable bonds is 4. The average molecular weight is 239 g/mol. The number of ether oxygens (including phenoxy) is 1. The predicted molar refractivity (Wildman–Crippen MR) is 51.9 cm³/mol. The third-order valence-electron chi connectivity index (χ3n) is 2.48. The number of nitrogens with zero attached hydrogens (tertiary/aromatic N) is 1. The van der Waals surface area contributed by atoms with Gasteiger partial charge in [0.15, 0.2) is 0 Å². The van der Waals surface area contributed by atoms with Crippen LogP contribution in [0.4, 0.5) is 13.2 Å². The van der Waals surface area contributed by atoms with E-state index in [2.05, 4.69) is 0 Å². The highest BCUT2D eigenvalue weighted by molar-refractivity contribution is 5.76. The summed E-state index contributed by atoms with van der Waals surface area (Å²) in [5.41, 5.74) is 0. The Labute approximate surface area is 92.5 Å². The Morgan fingerprint density at radius 3 is 2.62 bits per heavy atom. The van der Waals surface area contributed by atoms with Gasteiger partial charge < -0.3 is 9.64 Å². The van der Waals surface area contributed by atoms with Crippen LogP contribution in [0.25, 0.3) is 0 Å². The van der Waals surface area contributed by atoms with Crippen LogP contribution in [0.15, 0.2) is 0 Å². The minimum absolute atomic E-state index is 0.159. The van der Waals surface area contributed by atoms with Gasteiger partial charge in [0.05, 0.1) is 12.6 Å². The van der Waals surface area contributed by atoms with Crippen LogP contribution in [-0.2, 0) is 9.53 Å². The van der Waals surface area contributed by atoms with Crippen LogP contribution in [0.2, 0.25) is 0 Å². The van der Waals surface area contributed by atoms with E-state index in [1.807, 2.05) is 0 Å². The van der Waals surface area contributed by atoms with Gasteiger partial charge in [0.1, 0.15) is 6.54 Å². The highest BCUT2D eigenvalue weighted by atomic mass is 19.4. The fourth-order valence-electron chi connectivity index (χ4n) is 1.74. The smallest absolute Gasteiger partial charge is 0.379 e. The minimum Gasteiger partial charge on any atom is -0.379 e. The van der Waals surface area contributed by atoms with Gasteiger partial charge >= 0.3 is 6.18 Å². The van der Waals surface area contributed by atoms with Crippen molar-refractivity contribution in [2.45, 2.75) is 38.4 Å². The largest absolute Gasteiger partial charge is 0.406 e. The Morgan fingerprint density at radius 2 is 2.19 bits per heavy atom. The molecule has 0 radical (unpaired) electrons. The SMILES string of the molecule is CCCC(=O)N(CC(F)(F)F)[C@@H]1CCOC1. The molecule has 1 amide bonds. The Bertz CT molecular complexity index is 237. The summed E-state index contributed by atoms with van der Waals surface area (Å²) in [7, 11) is 0. The van der Waals surface area contributed by atoms with Gasteiger partial charge in [0.25, 0.3) is 0 Å². The van der Waals surface area contributed by atoms with Crippen LogP contribution in [0.3, 0.4) is 0 Å². The second kappa shape index (κ2) is 5.52. The molecule has 0 N–H and O–H groups in total. The maximum Gasteiger partial charge on any atom is 0.406 e. The Hall–Kier alpha value is -0.780. The molecule has 6 heteroatoms. The second-order valence-electron chi connectivity index (χ2n) is 3.90. The fourth-order valence-corrected chi connectivity index (χ4v) is 1.74. The molecule has 3 nitrogen and oxygen atoms in total. The number of halogens is 3. The van der Waals surface area contributed by atoms with Crippen molar-refractivity contribution in [1.82, 2.24) is 4.90 Å². The van der Waals surface area contributed by atoms with E-state index in [-0.39, 0.29) is 13.0 Å². The summed E-state index contributed by atoms with van der Waals surface area (Å²) >= 11 is 0. The van der Waals surface area contributed by atoms with Crippen molar-refractivity contribution >= 4 is 5.91 Å². The molecule has 0 saturated carbocycles. The van der Waals surface area contributed by atoms with Crippen LogP contribution < -0.4 is 0 Å². The predicted octanol–water partition coefficient (Wildman–Crippen LogP) is 1.97. The quantitative estimate of drug-likeness (QED) is 0.750. The third kappa shape index (κ3) is 4.00. The first-order valence-electron chi connectivity index (χ1n) is 5.38. The number of hydrogen-bond acceptors (Lipinski definition) is 2. The molecular weight excluding hydrogens is 223 g/mol. The lowest BCUT2D eigenvalue weighted by molar-refractivity contribution is -0.165. The summed E-state index contributed by atoms with van der Waals surface area (Å²) in [6.07, 6.45) is -3.13. The lowest BCUT2D eigenvalue weighted by Gasteiger charge is -2.28. The number of amides is 1. The van der Waals surface area contributed by atoms with Crippen LogP contribution in [-0.4, -0.2) is 42.8 Å². The number of alkyl halides is 3. The van der Waals surface area contributed by atoms with E-state index in [0.29, 0.717) is 19.4 Å². The zero-order valence-electron chi connectivity index (χ0n) is 9.22. The van der Waals surface area contributed by atoms with E-state index < -0.39 is 24.7 Å². The van der Waals surface area contributed by atoms with Crippen LogP contribution in [0, 0.1) is 0 Å². The molecule has 0 aromatic rings. The van der Waals surface area contributed by atoms with Crippen molar-refractivity contribution in [3.05, 3.63) is 0 Å². The summed E-state index contributed by atoms with van der Waals surface area (Å²) < 4.78 is 42.0. The third-order valence-corrected chi connectivity index (χ3v) is 2.48. The van der Waals surface area contributed by atoms with E-state index in [9.17, 15) is 18.0 Å². The van der Waals surface area contributed by atoms with Crippen molar-refractivity contribution in [3.63, 3.8) is 0 Å². The van der Waals surface area contributed by atoms with Gasteiger partial charge in [-0.2, -0.15) is 13.2 Å². The monoisotopic (exact) mass is 239 g/mol. The molecule has 0 bridgehead atoms. The Morgan fingerprint density at radius 1 is 1.50 bits per heavy atom. The highest BCUT2D eigenvalue weighted by Gasteiger charge is 2.37. The highest BCUT2D eigenvalue weighted by Crippen LogP contribution is 2.22. The van der Waals surface area contributed by atoms with Gasteiger partial charge in [0.2, 0.25) is 5.91 Å². The summed E-state index contributed by atoms with van der Waals surface area (Å²) in [4.78, 5) is 12.5. The molecule has 1 saturated heterocycles. The summed E-state index contributed by atoms with van der Waals surface area (Å²) in [6, 6.07) is -0.416. The first kappa shape index (κ1) is 13.3. The van der Waals surface area contributed by atoms with Crippen LogP contribution in [0.5, 0.6) is 0 Å². The lowest BCUT2D eigenvalue weighted by atomic mass is 10.2. The zero-order valence-corrected chi connectivity index (χ0v) is 9.22. The van der Waals surface area contributed by atoms with Crippen molar-refractivity contribution in [3.8, 4) is 0 Å². The molecule has 1 rings (SSSR count). The molecule has 0 aliphatic carbocycles. The Kier molecular flexibility index (Phi) is 4.58. The topological polar surface area (TPSA) is 29.5 Å². The summed E-state index contributed by atoms with van der Waals surface area (Å²) in [6.45, 7) is 1.25. The number of carbonyl (C=O) groups is 1. The zero-order chi connectivity index (χ0) is 12.2. The van der Waals surface area contributed by atoms with Crippen molar-refractivity contribution in [2.75, 3.05) is 19.8 Å². The normalized spacial score (nSPS) is 21.1. The molecule has 94 valence electrons. The van der Waals surface area contributed by atoms with Gasteiger partial charge in [-0.1, -0.05) is 6.92 Å². The molecule has 1 aliphatic heterocycles. The van der Waals surface area contributed by atoms with Crippen molar-refractivity contribution in [1.29, 1.82) is 0 Å². The van der Waals surface area contributed by atoms with E-state index in [1.165, 1.54) is 0 Å². The fraction of sp³-hybridized carbons (Fsp3) is 0.900. The molecule has 1 fully saturated rings. The maximum atomic E-state index is 12.3. The van der Waals surface area contributed by atoms with Gasteiger partial charge in [0, 0.05) is 13.0 Å². The maximum absolute atomic E-state index is 12.3. The van der Waals surface area contributed by atoms with Gasteiger partial charge in [-0.25, -0.2) is 0 Å². The van der Waals surface area contributed by atoms with Crippen LogP contribution >= 0.6 is 0 Å². The first-order valence-corrected chi connectivity index (χ1v) is 5.38. The second-order valence-corrected chi connectivity index (χ2v) is 3.90. The van der Waals surface area contributed by atoms with E-state index in [1.54, 1.807) is 6.92 Å². The molecular formula is C10H16F3NO2. The van der Waals surface area contributed by atoms with Crippen molar-refractivity contribution in [2.24, 2.45) is 0 Å². The summed E-state index contributed by atoms with van der Waals surface area (Å²) in [5, 5.41) is 0. The van der Waals surface area contributed by atoms with Crippen molar-refractivity contribution < 1.29 is 22.7 Å². The molecule has 16 heavy (non-hydrogen) atoms. The van der Waals surface area contributed by atoms with Gasteiger partial charge in [-0.15, -0.1) is 0 Å². The standard InChI is InChI=1S/C10H16F3NO2/c1-2-3-9(15)14(7-10(11,12)13)8-4-5-16-6-8/h8H,2-7H2,1H3/t8-/m1/s1. The first-order chi connectivity index (χ1) is 7.44. The van der Waals surface area contributed by atoms with Gasteiger partial charge in [-0.05, 0) is 12.8 Å². The van der Waals surface area contributed by atoms with E-state index >= 15 is 0 Å². The van der Waals surface area contributed by atoms with Gasteiger partial charge in [-0.3, -0.25) is 4.79 Å². The molecule has 1 heterocycles. The van der Waals surface area contributed by atoms with E-state index in [4.69, 9.17) is 4.74 Å². The molecule has 0 aromatic heterocycles. The van der Waals surface area contributed by atoms with Crippen LogP contribution in [0.1, 0.15) is 26.2 Å². The molecule has 1 atom stereocenters. The average Bonchev–Trinajstić information content (AvgIpc) is 2.65. The number of hydrogen-bond donors (Lipinski definition) is 0. The summed E-state index contributed by atoms with van der Waals surface area (Å²) in [5.74, 6) is -0.435. The lowest BCUT2D eigenvalue weighted by Crippen LogP contribution is -2.45. The molecule has 0 spiro atoms. The number of carbonyl (C=O) groups excluding carboxylic acids is 1. The molecule has 0 unspecified atom stereocenters. The molecule has 1 aliphatic rings. The molecule has 0 aromatic carbocycles. The Balaban J connectivity index is 2.64. The van der Waals surface area contributed by atoms with E-state index in [0.717, 1.165) is 4.90 Å². The minimum atomic E-state index is -4.34.